The fourth-order valence-electron chi connectivity index (χ4n) is 5.88. The fraction of sp³-hybridized carbons (Fsp3) is 0.333. The highest BCUT2D eigenvalue weighted by atomic mass is 16.2. The average molecular weight is 490 g/mol. The summed E-state index contributed by atoms with van der Waals surface area (Å²) in [6, 6.07) is 17.5. The molecule has 2 heterocycles. The third-order valence-electron chi connectivity index (χ3n) is 7.14. The number of para-hydroxylation sites is 1. The number of primary amides is 2. The Labute approximate surface area is 210 Å². The molecule has 4 atom stereocenters. The van der Waals surface area contributed by atoms with Gasteiger partial charge in [-0.2, -0.15) is 0 Å². The molecular weight excluding hydrogens is 456 g/mol. The molecule has 0 saturated carbocycles. The zero-order chi connectivity index (χ0) is 26.3. The van der Waals surface area contributed by atoms with Gasteiger partial charge in [-0.15, -0.1) is 0 Å². The highest BCUT2D eigenvalue weighted by Gasteiger charge is 2.76. The van der Waals surface area contributed by atoms with E-state index in [1.54, 1.807) is 6.20 Å². The van der Waals surface area contributed by atoms with Crippen molar-refractivity contribution in [2.75, 3.05) is 13.6 Å². The molecule has 0 aromatic heterocycles. The topological polar surface area (TPSA) is 140 Å². The van der Waals surface area contributed by atoms with Crippen molar-refractivity contribution >= 4 is 29.1 Å². The normalized spacial score (nSPS) is 26.1. The Kier molecular flexibility index (Phi) is 6.22. The summed E-state index contributed by atoms with van der Waals surface area (Å²) in [5, 5.41) is 5.88. The van der Waals surface area contributed by atoms with Crippen LogP contribution in [0.3, 0.4) is 0 Å². The lowest BCUT2D eigenvalue weighted by Crippen LogP contribution is -2.80. The van der Waals surface area contributed by atoms with E-state index >= 15 is 0 Å². The van der Waals surface area contributed by atoms with E-state index in [2.05, 4.69) is 10.6 Å². The number of amides is 3. The highest BCUT2D eigenvalue weighted by molar-refractivity contribution is 6.20. The predicted octanol–water partition coefficient (Wildman–Crippen LogP) is 1.39. The molecule has 4 unspecified atom stereocenters. The summed E-state index contributed by atoms with van der Waals surface area (Å²) in [5.41, 5.74) is 12.0. The van der Waals surface area contributed by atoms with Gasteiger partial charge in [0.15, 0.2) is 11.7 Å². The molecule has 2 aliphatic heterocycles. The first-order valence-electron chi connectivity index (χ1n) is 11.9. The van der Waals surface area contributed by atoms with Crippen LogP contribution in [0.5, 0.6) is 0 Å². The summed E-state index contributed by atoms with van der Waals surface area (Å²) < 4.78 is -0.412. The molecule has 2 aromatic carbocycles. The Balaban J connectivity index is 2.25. The fourth-order valence-corrected chi connectivity index (χ4v) is 5.88. The molecule has 9 heteroatoms. The average Bonchev–Trinajstić information content (AvgIpc) is 3.17. The standard InChI is InChI=1S/C27H32N6O3/c1-26(2,3)22(24(35)30-4)27(25(29)36)32-21(17-11-7-5-8-12-17)19-15-31-16-20(23(28)34)33(19,27)18-13-9-6-10-14-18/h5-15,20,22H,16H2,1-4H3,(H5-,28,29,30,31,32,34,35,36)/p+1. The van der Waals surface area contributed by atoms with E-state index in [0.29, 0.717) is 17.1 Å². The van der Waals surface area contributed by atoms with Gasteiger partial charge in [-0.25, -0.2) is 9.48 Å². The van der Waals surface area contributed by atoms with E-state index in [0.717, 1.165) is 5.56 Å². The lowest BCUT2D eigenvalue weighted by Gasteiger charge is -2.53. The van der Waals surface area contributed by atoms with Crippen LogP contribution in [-0.2, 0) is 14.4 Å². The number of hydrogen-bond donors (Lipinski definition) is 4. The molecule has 0 aliphatic carbocycles. The number of rotatable bonds is 6. The van der Waals surface area contributed by atoms with E-state index in [4.69, 9.17) is 16.5 Å². The summed E-state index contributed by atoms with van der Waals surface area (Å²) >= 11 is 0. The van der Waals surface area contributed by atoms with Gasteiger partial charge in [0.1, 0.15) is 17.3 Å². The molecule has 6 N–H and O–H groups in total. The van der Waals surface area contributed by atoms with Gasteiger partial charge < -0.3 is 22.1 Å². The highest BCUT2D eigenvalue weighted by Crippen LogP contribution is 2.55. The van der Waals surface area contributed by atoms with Crippen LogP contribution >= 0.6 is 0 Å². The number of fused-ring (bicyclic) bond motifs is 1. The number of nitrogens with two attached hydrogens (primary N) is 2. The lowest BCUT2D eigenvalue weighted by atomic mass is 9.69. The molecule has 2 aliphatic rings. The quantitative estimate of drug-likeness (QED) is 0.455. The Bertz CT molecular complexity index is 1250. The minimum absolute atomic E-state index is 0.130. The molecule has 2 aromatic rings. The second kappa shape index (κ2) is 8.91. The minimum Gasteiger partial charge on any atom is -0.380 e. The monoisotopic (exact) mass is 489 g/mol. The third-order valence-corrected chi connectivity index (χ3v) is 7.14. The van der Waals surface area contributed by atoms with E-state index in [-0.39, 0.29) is 6.54 Å². The molecule has 36 heavy (non-hydrogen) atoms. The van der Waals surface area contributed by atoms with Crippen LogP contribution in [0.4, 0.5) is 5.69 Å². The summed E-state index contributed by atoms with van der Waals surface area (Å²) in [4.78, 5) is 45.9. The first-order chi connectivity index (χ1) is 17.0. The maximum atomic E-state index is 13.9. The maximum Gasteiger partial charge on any atom is 0.304 e. The number of nitrogens with one attached hydrogen (secondary N) is 2. The number of quaternary nitrogens is 1. The van der Waals surface area contributed by atoms with E-state index in [9.17, 15) is 14.4 Å². The van der Waals surface area contributed by atoms with Gasteiger partial charge >= 0.3 is 5.91 Å². The number of benzene rings is 2. The van der Waals surface area contributed by atoms with Crippen LogP contribution in [-0.4, -0.2) is 48.7 Å². The minimum atomic E-state index is -1.92. The Hall–Kier alpha value is -3.98. The zero-order valence-corrected chi connectivity index (χ0v) is 21.0. The molecular formula is C27H33N6O3+. The molecule has 0 saturated heterocycles. The second-order valence-electron chi connectivity index (χ2n) is 10.2. The Morgan fingerprint density at radius 1 is 1.06 bits per heavy atom. The maximum absolute atomic E-state index is 13.9. The smallest absolute Gasteiger partial charge is 0.304 e. The van der Waals surface area contributed by atoms with Crippen LogP contribution in [0.1, 0.15) is 26.3 Å². The van der Waals surface area contributed by atoms with Crippen molar-refractivity contribution in [3.8, 4) is 0 Å². The van der Waals surface area contributed by atoms with E-state index < -0.39 is 45.2 Å². The molecule has 0 spiro atoms. The lowest BCUT2D eigenvalue weighted by molar-refractivity contribution is -0.149. The van der Waals surface area contributed by atoms with Crippen molar-refractivity contribution in [1.29, 1.82) is 0 Å². The van der Waals surface area contributed by atoms with Crippen molar-refractivity contribution in [3.05, 3.63) is 78.1 Å². The van der Waals surface area contributed by atoms with E-state index in [1.807, 2.05) is 81.4 Å². The zero-order valence-electron chi connectivity index (χ0n) is 21.0. The Morgan fingerprint density at radius 2 is 1.64 bits per heavy atom. The number of nitrogens with zero attached hydrogens (tertiary/aromatic N) is 2. The van der Waals surface area contributed by atoms with Gasteiger partial charge in [0, 0.05) is 12.6 Å². The number of allylic oxidation sites excluding steroid dienone is 1. The number of carbonyl (C=O) groups excluding carboxylic acids is 3. The molecule has 0 radical (unpaired) electrons. The van der Waals surface area contributed by atoms with Crippen molar-refractivity contribution < 1.29 is 14.4 Å². The van der Waals surface area contributed by atoms with Crippen LogP contribution < -0.4 is 26.6 Å². The van der Waals surface area contributed by atoms with Gasteiger partial charge in [-0.3, -0.25) is 14.4 Å². The predicted molar refractivity (Wildman–Crippen MR) is 139 cm³/mol. The molecule has 3 amide bonds. The van der Waals surface area contributed by atoms with Crippen molar-refractivity contribution in [1.82, 2.24) is 15.1 Å². The van der Waals surface area contributed by atoms with Crippen LogP contribution in [0.2, 0.25) is 0 Å². The first-order valence-corrected chi connectivity index (χ1v) is 11.9. The summed E-state index contributed by atoms with van der Waals surface area (Å²) in [6.45, 7) is 5.71. The van der Waals surface area contributed by atoms with Crippen molar-refractivity contribution in [2.45, 2.75) is 32.5 Å². The SMILES string of the molecule is CNC(=O)C(C(C)(C)C)C1(C(N)=O)N=C(c2ccccc2)C2=CNCC(C(N)=O)[N+]21c1ccccc1. The molecule has 0 fully saturated rings. The molecule has 0 bridgehead atoms. The van der Waals surface area contributed by atoms with Crippen LogP contribution in [0.15, 0.2) is 77.6 Å². The van der Waals surface area contributed by atoms with Crippen molar-refractivity contribution in [3.63, 3.8) is 0 Å². The molecule has 4 rings (SSSR count). The van der Waals surface area contributed by atoms with E-state index in [1.165, 1.54) is 7.05 Å². The van der Waals surface area contributed by atoms with Gasteiger partial charge in [-0.05, 0) is 17.5 Å². The first kappa shape index (κ1) is 25.1. The summed E-state index contributed by atoms with van der Waals surface area (Å²) in [5.74, 6) is -2.93. The van der Waals surface area contributed by atoms with Gasteiger partial charge in [-0.1, -0.05) is 69.3 Å². The second-order valence-corrected chi connectivity index (χ2v) is 10.2. The van der Waals surface area contributed by atoms with Gasteiger partial charge in [0.05, 0.1) is 12.7 Å². The molecule has 9 nitrogen and oxygen atoms in total. The van der Waals surface area contributed by atoms with Crippen molar-refractivity contribution in [2.24, 2.45) is 27.8 Å². The van der Waals surface area contributed by atoms with Gasteiger partial charge in [0.2, 0.25) is 5.91 Å². The molecule has 188 valence electrons. The number of aliphatic imine (C=N–C) groups is 1. The third kappa shape index (κ3) is 3.42. The van der Waals surface area contributed by atoms with Gasteiger partial charge in [0.25, 0.3) is 11.6 Å². The number of hydrogen-bond acceptors (Lipinski definition) is 5. The Morgan fingerprint density at radius 3 is 2.14 bits per heavy atom. The van der Waals surface area contributed by atoms with Crippen LogP contribution in [0, 0.1) is 11.3 Å². The largest absolute Gasteiger partial charge is 0.380 e. The number of carbonyl (C=O) groups is 3. The summed E-state index contributed by atoms with van der Waals surface area (Å²) in [7, 11) is 1.51. The summed E-state index contributed by atoms with van der Waals surface area (Å²) in [6.07, 6.45) is 1.76. The van der Waals surface area contributed by atoms with Crippen LogP contribution in [0.25, 0.3) is 0 Å².